The number of amides is 2. The molecule has 3 rings (SSSR count). The molecule has 128 valence electrons. The summed E-state index contributed by atoms with van der Waals surface area (Å²) in [4.78, 5) is 28.6. The van der Waals surface area contributed by atoms with Crippen LogP contribution < -0.4 is 5.32 Å². The topological polar surface area (TPSA) is 49.4 Å². The van der Waals surface area contributed by atoms with E-state index in [2.05, 4.69) is 32.7 Å². The quantitative estimate of drug-likeness (QED) is 0.790. The molecule has 1 fully saturated rings. The van der Waals surface area contributed by atoms with Gasteiger partial charge >= 0.3 is 0 Å². The van der Waals surface area contributed by atoms with Crippen LogP contribution in [0.15, 0.2) is 33.4 Å². The van der Waals surface area contributed by atoms with E-state index in [0.717, 1.165) is 28.6 Å². The van der Waals surface area contributed by atoms with Gasteiger partial charge in [-0.05, 0) is 58.1 Å². The average Bonchev–Trinajstić information content (AvgIpc) is 3.26. The second-order valence-electron chi connectivity index (χ2n) is 5.78. The minimum Gasteiger partial charge on any atom is -0.355 e. The molecule has 2 amide bonds. The minimum absolute atomic E-state index is 0.0177. The SMILES string of the molecule is O=C(NCCc1cccs1)C1CCN(C(=O)c2sccc2Br)CC1. The van der Waals surface area contributed by atoms with Gasteiger partial charge in [-0.1, -0.05) is 6.07 Å². The van der Waals surface area contributed by atoms with Crippen molar-refractivity contribution in [2.45, 2.75) is 19.3 Å². The predicted octanol–water partition coefficient (Wildman–Crippen LogP) is 3.78. The number of hydrogen-bond donors (Lipinski definition) is 1. The largest absolute Gasteiger partial charge is 0.355 e. The fourth-order valence-electron chi connectivity index (χ4n) is 2.84. The zero-order valence-corrected chi connectivity index (χ0v) is 16.4. The van der Waals surface area contributed by atoms with Crippen LogP contribution in [-0.2, 0) is 11.2 Å². The summed E-state index contributed by atoms with van der Waals surface area (Å²) in [7, 11) is 0. The smallest absolute Gasteiger partial charge is 0.265 e. The minimum atomic E-state index is 0.0177. The highest BCUT2D eigenvalue weighted by Gasteiger charge is 2.28. The molecule has 0 radical (unpaired) electrons. The maximum absolute atomic E-state index is 12.5. The standard InChI is InChI=1S/C17H19BrN2O2S2/c18-14-6-11-24-15(14)17(22)20-8-4-12(5-9-20)16(21)19-7-3-13-2-1-10-23-13/h1-2,6,10-12H,3-5,7-9H2,(H,19,21). The third-order valence-corrected chi connectivity index (χ3v) is 6.98. The summed E-state index contributed by atoms with van der Waals surface area (Å²) in [6.07, 6.45) is 2.35. The van der Waals surface area contributed by atoms with Gasteiger partial charge < -0.3 is 10.2 Å². The first-order valence-corrected chi connectivity index (χ1v) is 10.5. The van der Waals surface area contributed by atoms with Crippen LogP contribution in [0.25, 0.3) is 0 Å². The van der Waals surface area contributed by atoms with Crippen molar-refractivity contribution in [2.24, 2.45) is 5.92 Å². The number of thiophene rings is 2. The molecule has 0 atom stereocenters. The Hall–Kier alpha value is -1.18. The number of hydrogen-bond acceptors (Lipinski definition) is 4. The van der Waals surface area contributed by atoms with E-state index >= 15 is 0 Å². The molecule has 1 aliphatic rings. The van der Waals surface area contributed by atoms with E-state index in [-0.39, 0.29) is 17.7 Å². The summed E-state index contributed by atoms with van der Waals surface area (Å²) in [6, 6.07) is 6.01. The summed E-state index contributed by atoms with van der Waals surface area (Å²) in [5.41, 5.74) is 0. The van der Waals surface area contributed by atoms with Crippen LogP contribution in [0.5, 0.6) is 0 Å². The van der Waals surface area contributed by atoms with Crippen molar-refractivity contribution in [2.75, 3.05) is 19.6 Å². The Morgan fingerprint density at radius 3 is 2.62 bits per heavy atom. The second-order valence-corrected chi connectivity index (χ2v) is 8.59. The van der Waals surface area contributed by atoms with Gasteiger partial charge in [0.15, 0.2) is 0 Å². The lowest BCUT2D eigenvalue weighted by atomic mass is 9.95. The van der Waals surface area contributed by atoms with Crippen LogP contribution in [-0.4, -0.2) is 36.3 Å². The molecule has 24 heavy (non-hydrogen) atoms. The number of likely N-dealkylation sites (tertiary alicyclic amines) is 1. The number of rotatable bonds is 5. The lowest BCUT2D eigenvalue weighted by Gasteiger charge is -2.31. The lowest BCUT2D eigenvalue weighted by molar-refractivity contribution is -0.126. The fraction of sp³-hybridized carbons (Fsp3) is 0.412. The van der Waals surface area contributed by atoms with Gasteiger partial charge in [-0.25, -0.2) is 0 Å². The first-order chi connectivity index (χ1) is 11.6. The lowest BCUT2D eigenvalue weighted by Crippen LogP contribution is -2.43. The molecular formula is C17H19BrN2O2S2. The summed E-state index contributed by atoms with van der Waals surface area (Å²) in [5, 5.41) is 6.99. The molecular weight excluding hydrogens is 408 g/mol. The number of nitrogens with zero attached hydrogens (tertiary/aromatic N) is 1. The molecule has 1 saturated heterocycles. The fourth-order valence-corrected chi connectivity index (χ4v) is 5.06. The Kier molecular flexibility index (Phi) is 6.08. The number of piperidine rings is 1. The highest BCUT2D eigenvalue weighted by atomic mass is 79.9. The van der Waals surface area contributed by atoms with Crippen molar-refractivity contribution in [3.8, 4) is 0 Å². The van der Waals surface area contributed by atoms with E-state index in [1.807, 2.05) is 22.4 Å². The zero-order valence-electron chi connectivity index (χ0n) is 13.2. The van der Waals surface area contributed by atoms with Crippen LogP contribution >= 0.6 is 38.6 Å². The maximum Gasteiger partial charge on any atom is 0.265 e. The highest BCUT2D eigenvalue weighted by molar-refractivity contribution is 9.10. The Balaban J connectivity index is 1.43. The third-order valence-electron chi connectivity index (χ3n) is 4.22. The maximum atomic E-state index is 12.5. The first kappa shape index (κ1) is 17.6. The van der Waals surface area contributed by atoms with Crippen molar-refractivity contribution in [3.63, 3.8) is 0 Å². The molecule has 2 aromatic heterocycles. The molecule has 0 aliphatic carbocycles. The van der Waals surface area contributed by atoms with Crippen molar-refractivity contribution in [1.29, 1.82) is 0 Å². The summed E-state index contributed by atoms with van der Waals surface area (Å²) < 4.78 is 0.853. The molecule has 0 aromatic carbocycles. The molecule has 1 N–H and O–H groups in total. The molecule has 0 unspecified atom stereocenters. The van der Waals surface area contributed by atoms with Crippen molar-refractivity contribution < 1.29 is 9.59 Å². The van der Waals surface area contributed by atoms with Crippen LogP contribution in [0.2, 0.25) is 0 Å². The van der Waals surface area contributed by atoms with Crippen molar-refractivity contribution in [1.82, 2.24) is 10.2 Å². The Labute approximate surface area is 158 Å². The van der Waals surface area contributed by atoms with Gasteiger partial charge in [0.2, 0.25) is 5.91 Å². The molecule has 7 heteroatoms. The van der Waals surface area contributed by atoms with Crippen LogP contribution in [0.4, 0.5) is 0 Å². The highest BCUT2D eigenvalue weighted by Crippen LogP contribution is 2.26. The molecule has 2 aromatic rings. The van der Waals surface area contributed by atoms with Crippen LogP contribution in [0.1, 0.15) is 27.4 Å². The molecule has 1 aliphatic heterocycles. The van der Waals surface area contributed by atoms with E-state index < -0.39 is 0 Å². The van der Waals surface area contributed by atoms with E-state index in [4.69, 9.17) is 0 Å². The molecule has 4 nitrogen and oxygen atoms in total. The van der Waals surface area contributed by atoms with Crippen LogP contribution in [0, 0.1) is 5.92 Å². The number of carbonyl (C=O) groups is 2. The van der Waals surface area contributed by atoms with Crippen molar-refractivity contribution >= 4 is 50.4 Å². The first-order valence-electron chi connectivity index (χ1n) is 7.97. The third kappa shape index (κ3) is 4.26. The molecule has 0 bridgehead atoms. The van der Waals surface area contributed by atoms with Gasteiger partial charge in [0.25, 0.3) is 5.91 Å². The number of carbonyl (C=O) groups excluding carboxylic acids is 2. The van der Waals surface area contributed by atoms with E-state index in [1.165, 1.54) is 16.2 Å². The Morgan fingerprint density at radius 1 is 1.21 bits per heavy atom. The van der Waals surface area contributed by atoms with Gasteiger partial charge in [0, 0.05) is 34.9 Å². The second kappa shape index (κ2) is 8.27. The van der Waals surface area contributed by atoms with Crippen molar-refractivity contribution in [3.05, 3.63) is 43.2 Å². The summed E-state index contributed by atoms with van der Waals surface area (Å²) in [6.45, 7) is 1.97. The average molecular weight is 427 g/mol. The van der Waals surface area contributed by atoms with Gasteiger partial charge in [-0.3, -0.25) is 9.59 Å². The van der Waals surface area contributed by atoms with Gasteiger partial charge in [0.1, 0.15) is 4.88 Å². The Morgan fingerprint density at radius 2 is 2.00 bits per heavy atom. The zero-order chi connectivity index (χ0) is 16.9. The molecule has 0 saturated carbocycles. The van der Waals surface area contributed by atoms with E-state index in [0.29, 0.717) is 19.6 Å². The Bertz CT molecular complexity index is 691. The molecule has 3 heterocycles. The van der Waals surface area contributed by atoms with E-state index in [1.54, 1.807) is 11.3 Å². The number of halogens is 1. The molecule has 0 spiro atoms. The summed E-state index contributed by atoms with van der Waals surface area (Å²) in [5.74, 6) is 0.202. The summed E-state index contributed by atoms with van der Waals surface area (Å²) >= 11 is 6.58. The number of nitrogens with one attached hydrogen (secondary N) is 1. The van der Waals surface area contributed by atoms with Crippen LogP contribution in [0.3, 0.4) is 0 Å². The normalized spacial score (nSPS) is 15.5. The van der Waals surface area contributed by atoms with Gasteiger partial charge in [-0.15, -0.1) is 22.7 Å². The predicted molar refractivity (Wildman–Crippen MR) is 102 cm³/mol. The monoisotopic (exact) mass is 426 g/mol. The van der Waals surface area contributed by atoms with Gasteiger partial charge in [-0.2, -0.15) is 0 Å². The van der Waals surface area contributed by atoms with Gasteiger partial charge in [0.05, 0.1) is 0 Å². The van der Waals surface area contributed by atoms with E-state index in [9.17, 15) is 9.59 Å².